The van der Waals surface area contributed by atoms with Crippen molar-refractivity contribution in [2.45, 2.75) is 38.2 Å². The predicted molar refractivity (Wildman–Crippen MR) is 118 cm³/mol. The number of hydrogen-bond acceptors (Lipinski definition) is 3. The van der Waals surface area contributed by atoms with Gasteiger partial charge in [0.15, 0.2) is 0 Å². The third kappa shape index (κ3) is 5.72. The number of piperidine rings is 1. The number of alkyl carbamates (subject to hydrolysis) is 1. The Kier molecular flexibility index (Phi) is 7.66. The molecular formula is C25H30N2O3. The number of nitrogens with one attached hydrogen (secondary N) is 1. The molecule has 5 nitrogen and oxygen atoms in total. The maximum Gasteiger partial charge on any atom is 0.408 e. The van der Waals surface area contributed by atoms with Crippen LogP contribution in [0.1, 0.15) is 37.3 Å². The number of benzene rings is 2. The second-order valence-electron chi connectivity index (χ2n) is 7.59. The number of allylic oxidation sites excluding steroid dienone is 1. The molecule has 158 valence electrons. The Morgan fingerprint density at radius 1 is 1.03 bits per heavy atom. The minimum Gasteiger partial charge on any atom is -0.438 e. The third-order valence-corrected chi connectivity index (χ3v) is 5.53. The first-order chi connectivity index (χ1) is 14.6. The van der Waals surface area contributed by atoms with Crippen molar-refractivity contribution in [2.75, 3.05) is 19.6 Å². The van der Waals surface area contributed by atoms with E-state index >= 15 is 0 Å². The summed E-state index contributed by atoms with van der Waals surface area (Å²) in [6.07, 6.45) is 5.85. The van der Waals surface area contributed by atoms with E-state index in [1.807, 2.05) is 60.4 Å². The van der Waals surface area contributed by atoms with Crippen molar-refractivity contribution < 1.29 is 14.3 Å². The fraction of sp³-hybridized carbons (Fsp3) is 0.360. The van der Waals surface area contributed by atoms with Gasteiger partial charge in [-0.15, -0.1) is 0 Å². The van der Waals surface area contributed by atoms with Crippen molar-refractivity contribution >= 4 is 12.0 Å². The average molecular weight is 407 g/mol. The topological polar surface area (TPSA) is 58.6 Å². The molecule has 2 amide bonds. The maximum atomic E-state index is 12.6. The van der Waals surface area contributed by atoms with E-state index in [1.54, 1.807) is 12.2 Å². The molecule has 0 saturated carbocycles. The molecule has 3 rings (SSSR count). The monoisotopic (exact) mass is 406 g/mol. The van der Waals surface area contributed by atoms with Crippen LogP contribution in [-0.4, -0.2) is 36.5 Å². The molecule has 1 aliphatic heterocycles. The number of rotatable bonds is 7. The summed E-state index contributed by atoms with van der Waals surface area (Å²) in [6, 6.07) is 20.1. The van der Waals surface area contributed by atoms with E-state index in [9.17, 15) is 9.59 Å². The summed E-state index contributed by atoms with van der Waals surface area (Å²) >= 11 is 0. The van der Waals surface area contributed by atoms with Crippen LogP contribution in [-0.2, 0) is 21.6 Å². The third-order valence-electron chi connectivity index (χ3n) is 5.53. The van der Waals surface area contributed by atoms with Gasteiger partial charge in [0.2, 0.25) is 5.91 Å². The normalized spacial score (nSPS) is 15.7. The zero-order valence-corrected chi connectivity index (χ0v) is 17.5. The van der Waals surface area contributed by atoms with Crippen LogP contribution in [0.3, 0.4) is 0 Å². The van der Waals surface area contributed by atoms with Gasteiger partial charge in [-0.2, -0.15) is 0 Å². The Bertz CT molecular complexity index is 841. The Balaban J connectivity index is 1.58. The molecule has 0 aliphatic carbocycles. The highest BCUT2D eigenvalue weighted by Crippen LogP contribution is 2.37. The molecule has 5 heteroatoms. The number of hydrogen-bond donors (Lipinski definition) is 1. The number of carbonyl (C=O) groups excluding carboxylic acids is 2. The largest absolute Gasteiger partial charge is 0.438 e. The number of aryl methyl sites for hydroxylation is 1. The van der Waals surface area contributed by atoms with Crippen molar-refractivity contribution in [3.8, 4) is 0 Å². The summed E-state index contributed by atoms with van der Waals surface area (Å²) < 4.78 is 6.00. The summed E-state index contributed by atoms with van der Waals surface area (Å²) in [6.45, 7) is 3.50. The summed E-state index contributed by atoms with van der Waals surface area (Å²) in [7, 11) is 0. The van der Waals surface area contributed by atoms with Gasteiger partial charge in [-0.3, -0.25) is 4.79 Å². The molecule has 1 fully saturated rings. The van der Waals surface area contributed by atoms with Gasteiger partial charge in [-0.25, -0.2) is 4.79 Å². The summed E-state index contributed by atoms with van der Waals surface area (Å²) in [5.74, 6) is 0.00419. The molecule has 2 aromatic rings. The molecule has 1 N–H and O–H groups in total. The van der Waals surface area contributed by atoms with E-state index in [4.69, 9.17) is 4.74 Å². The summed E-state index contributed by atoms with van der Waals surface area (Å²) in [4.78, 5) is 26.6. The molecule has 2 aromatic carbocycles. The molecule has 1 aliphatic rings. The SMILES string of the molecule is CC=CC(=O)N1CCC(OC(=O)NCCCc2ccccc2)(c2ccccc2)CC1. The number of ether oxygens (including phenoxy) is 1. The molecule has 1 saturated heterocycles. The number of likely N-dealkylation sites (tertiary alicyclic amines) is 1. The Morgan fingerprint density at radius 2 is 1.67 bits per heavy atom. The first-order valence-corrected chi connectivity index (χ1v) is 10.6. The van der Waals surface area contributed by atoms with Crippen molar-refractivity contribution in [1.29, 1.82) is 0 Å². The van der Waals surface area contributed by atoms with E-state index in [0.29, 0.717) is 32.5 Å². The molecule has 0 bridgehead atoms. The Labute approximate surface area is 178 Å². The zero-order chi connectivity index (χ0) is 21.2. The molecule has 0 spiro atoms. The van der Waals surface area contributed by atoms with Crippen LogP contribution < -0.4 is 5.32 Å². The minimum atomic E-state index is -0.711. The lowest BCUT2D eigenvalue weighted by molar-refractivity contribution is -0.130. The smallest absolute Gasteiger partial charge is 0.408 e. The highest BCUT2D eigenvalue weighted by atomic mass is 16.6. The Morgan fingerprint density at radius 3 is 2.30 bits per heavy atom. The van der Waals surface area contributed by atoms with Crippen molar-refractivity contribution in [1.82, 2.24) is 10.2 Å². The second kappa shape index (κ2) is 10.6. The van der Waals surface area contributed by atoms with Crippen molar-refractivity contribution in [2.24, 2.45) is 0 Å². The maximum absolute atomic E-state index is 12.6. The van der Waals surface area contributed by atoms with Gasteiger partial charge < -0.3 is 15.0 Å². The average Bonchev–Trinajstić information content (AvgIpc) is 2.79. The second-order valence-corrected chi connectivity index (χ2v) is 7.59. The molecule has 30 heavy (non-hydrogen) atoms. The number of nitrogens with zero attached hydrogens (tertiary/aromatic N) is 1. The lowest BCUT2D eigenvalue weighted by Gasteiger charge is -2.41. The van der Waals surface area contributed by atoms with Crippen LogP contribution in [0.4, 0.5) is 4.79 Å². The van der Waals surface area contributed by atoms with Gasteiger partial charge in [-0.05, 0) is 37.0 Å². The zero-order valence-electron chi connectivity index (χ0n) is 17.5. The van der Waals surface area contributed by atoms with Crippen LogP contribution >= 0.6 is 0 Å². The molecular weight excluding hydrogens is 376 g/mol. The van der Waals surface area contributed by atoms with Crippen molar-refractivity contribution in [3.05, 3.63) is 83.9 Å². The summed E-state index contributed by atoms with van der Waals surface area (Å²) in [5, 5.41) is 2.90. The van der Waals surface area contributed by atoms with Gasteiger partial charge in [0.05, 0.1) is 0 Å². The lowest BCUT2D eigenvalue weighted by Crippen LogP contribution is -2.48. The van der Waals surface area contributed by atoms with E-state index < -0.39 is 11.7 Å². The fourth-order valence-corrected chi connectivity index (χ4v) is 3.87. The van der Waals surface area contributed by atoms with E-state index in [0.717, 1.165) is 18.4 Å². The summed E-state index contributed by atoms with van der Waals surface area (Å²) in [5.41, 5.74) is 1.52. The molecule has 0 aromatic heterocycles. The van der Waals surface area contributed by atoms with E-state index in [2.05, 4.69) is 17.4 Å². The molecule has 0 atom stereocenters. The van der Waals surface area contributed by atoms with Crippen molar-refractivity contribution in [3.63, 3.8) is 0 Å². The van der Waals surface area contributed by atoms with Gasteiger partial charge in [0.1, 0.15) is 5.60 Å². The quantitative estimate of drug-likeness (QED) is 0.546. The predicted octanol–water partition coefficient (Wildman–Crippen LogP) is 4.44. The molecule has 0 unspecified atom stereocenters. The number of amides is 2. The molecule has 0 radical (unpaired) electrons. The van der Waals surface area contributed by atoms with Crippen LogP contribution in [0.5, 0.6) is 0 Å². The first-order valence-electron chi connectivity index (χ1n) is 10.6. The number of carbonyl (C=O) groups is 2. The van der Waals surface area contributed by atoms with E-state index in [-0.39, 0.29) is 5.91 Å². The lowest BCUT2D eigenvalue weighted by atomic mass is 9.84. The minimum absolute atomic E-state index is 0.00419. The van der Waals surface area contributed by atoms with Gasteiger partial charge in [0, 0.05) is 32.5 Å². The van der Waals surface area contributed by atoms with Crippen LogP contribution in [0.15, 0.2) is 72.8 Å². The van der Waals surface area contributed by atoms with Crippen LogP contribution in [0, 0.1) is 0 Å². The van der Waals surface area contributed by atoms with Crippen LogP contribution in [0.2, 0.25) is 0 Å². The molecule has 1 heterocycles. The van der Waals surface area contributed by atoms with Gasteiger partial charge in [-0.1, -0.05) is 66.7 Å². The highest BCUT2D eigenvalue weighted by molar-refractivity contribution is 5.87. The van der Waals surface area contributed by atoms with Gasteiger partial charge >= 0.3 is 6.09 Å². The van der Waals surface area contributed by atoms with Gasteiger partial charge in [0.25, 0.3) is 0 Å². The fourth-order valence-electron chi connectivity index (χ4n) is 3.87. The highest BCUT2D eigenvalue weighted by Gasteiger charge is 2.40. The van der Waals surface area contributed by atoms with Crippen LogP contribution in [0.25, 0.3) is 0 Å². The standard InChI is InChI=1S/C25H30N2O3/c1-2-10-23(28)27-19-16-25(17-20-27,22-14-7-4-8-15-22)30-24(29)26-18-9-13-21-11-5-3-6-12-21/h2-8,10-12,14-15H,9,13,16-20H2,1H3,(H,26,29). The van der Waals surface area contributed by atoms with E-state index in [1.165, 1.54) is 5.56 Å². The Hall–Kier alpha value is -3.08. The first kappa shape index (κ1) is 21.6.